The van der Waals surface area contributed by atoms with Gasteiger partial charge >= 0.3 is 0 Å². The van der Waals surface area contributed by atoms with Gasteiger partial charge in [0.1, 0.15) is 18.2 Å². The van der Waals surface area contributed by atoms with Crippen LogP contribution in [-0.2, 0) is 13.0 Å². The predicted molar refractivity (Wildman–Crippen MR) is 82.6 cm³/mol. The van der Waals surface area contributed by atoms with Gasteiger partial charge in [-0.2, -0.15) is 0 Å². The van der Waals surface area contributed by atoms with E-state index in [4.69, 9.17) is 22.1 Å². The molecule has 0 amide bonds. The van der Waals surface area contributed by atoms with Crippen LogP contribution < -0.4 is 10.5 Å². The molecule has 20 heavy (non-hydrogen) atoms. The van der Waals surface area contributed by atoms with Crippen molar-refractivity contribution in [3.8, 4) is 5.75 Å². The summed E-state index contributed by atoms with van der Waals surface area (Å²) in [7, 11) is 0. The first-order valence-corrected chi connectivity index (χ1v) is 7.32. The lowest BCUT2D eigenvalue weighted by Gasteiger charge is -2.12. The molecule has 2 N–H and O–H groups in total. The van der Waals surface area contributed by atoms with Crippen molar-refractivity contribution in [3.05, 3.63) is 62.8 Å². The van der Waals surface area contributed by atoms with Crippen LogP contribution >= 0.6 is 27.5 Å². The monoisotopic (exact) mass is 357 g/mol. The van der Waals surface area contributed by atoms with Crippen molar-refractivity contribution in [1.29, 1.82) is 0 Å². The molecular weight excluding hydrogens is 345 g/mol. The zero-order valence-electron chi connectivity index (χ0n) is 10.7. The molecule has 0 saturated heterocycles. The molecular formula is C15H14BrClFNO. The Kier molecular flexibility index (Phi) is 5.40. The number of nitrogens with two attached hydrogens (primary N) is 1. The summed E-state index contributed by atoms with van der Waals surface area (Å²) < 4.78 is 19.4. The zero-order chi connectivity index (χ0) is 14.5. The van der Waals surface area contributed by atoms with Crippen LogP contribution in [0.15, 0.2) is 40.9 Å². The average Bonchev–Trinajstić information content (AvgIpc) is 2.42. The summed E-state index contributed by atoms with van der Waals surface area (Å²) in [5.41, 5.74) is 7.43. The summed E-state index contributed by atoms with van der Waals surface area (Å²) in [5, 5.41) is 0.658. The van der Waals surface area contributed by atoms with E-state index in [9.17, 15) is 4.39 Å². The van der Waals surface area contributed by atoms with Gasteiger partial charge in [0.15, 0.2) is 0 Å². The highest BCUT2D eigenvalue weighted by Gasteiger charge is 2.06. The number of rotatable bonds is 5. The van der Waals surface area contributed by atoms with Crippen molar-refractivity contribution in [2.45, 2.75) is 13.0 Å². The van der Waals surface area contributed by atoms with Crippen molar-refractivity contribution in [2.75, 3.05) is 6.54 Å². The largest absolute Gasteiger partial charge is 0.489 e. The molecule has 0 fully saturated rings. The molecule has 106 valence electrons. The summed E-state index contributed by atoms with van der Waals surface area (Å²) in [6.45, 7) is 0.886. The molecule has 0 aliphatic heterocycles. The topological polar surface area (TPSA) is 35.2 Å². The molecule has 0 unspecified atom stereocenters. The van der Waals surface area contributed by atoms with E-state index in [0.29, 0.717) is 29.1 Å². The second kappa shape index (κ2) is 7.07. The smallest absolute Gasteiger partial charge is 0.137 e. The van der Waals surface area contributed by atoms with Gasteiger partial charge in [0, 0.05) is 5.02 Å². The van der Waals surface area contributed by atoms with Gasteiger partial charge in [-0.25, -0.2) is 4.39 Å². The van der Waals surface area contributed by atoms with E-state index in [0.717, 1.165) is 16.9 Å². The Morgan fingerprint density at radius 1 is 1.20 bits per heavy atom. The highest BCUT2D eigenvalue weighted by atomic mass is 79.9. The van der Waals surface area contributed by atoms with Gasteiger partial charge in [0.05, 0.1) is 4.47 Å². The van der Waals surface area contributed by atoms with Crippen LogP contribution in [0.1, 0.15) is 11.1 Å². The van der Waals surface area contributed by atoms with E-state index in [-0.39, 0.29) is 5.82 Å². The van der Waals surface area contributed by atoms with E-state index in [2.05, 4.69) is 15.9 Å². The first kappa shape index (κ1) is 15.3. The quantitative estimate of drug-likeness (QED) is 0.864. The Labute approximate surface area is 130 Å². The third-order valence-corrected chi connectivity index (χ3v) is 3.66. The molecule has 0 aliphatic carbocycles. The molecule has 0 saturated carbocycles. The van der Waals surface area contributed by atoms with Gasteiger partial charge < -0.3 is 10.5 Å². The molecule has 0 atom stereocenters. The fourth-order valence-corrected chi connectivity index (χ4v) is 2.45. The van der Waals surface area contributed by atoms with Gasteiger partial charge in [0.25, 0.3) is 0 Å². The second-order valence-corrected chi connectivity index (χ2v) is 5.62. The minimum Gasteiger partial charge on any atom is -0.489 e. The number of benzene rings is 2. The molecule has 0 bridgehead atoms. The van der Waals surface area contributed by atoms with E-state index in [1.54, 1.807) is 18.2 Å². The molecule has 0 spiro atoms. The van der Waals surface area contributed by atoms with Gasteiger partial charge in [-0.1, -0.05) is 17.7 Å². The standard InChI is InChI=1S/C15H14BrClFNO/c16-13-7-10(1-3-14(13)18)9-20-15-4-2-12(17)8-11(15)5-6-19/h1-4,7-8H,5-6,9,19H2. The lowest BCUT2D eigenvalue weighted by atomic mass is 10.1. The Balaban J connectivity index is 2.11. The fraction of sp³-hybridized carbons (Fsp3) is 0.200. The predicted octanol–water partition coefficient (Wildman–Crippen LogP) is 4.32. The summed E-state index contributed by atoms with van der Waals surface area (Å²) in [6.07, 6.45) is 0.697. The van der Waals surface area contributed by atoms with Crippen molar-refractivity contribution in [1.82, 2.24) is 0 Å². The molecule has 2 nitrogen and oxygen atoms in total. The van der Waals surface area contributed by atoms with Crippen LogP contribution in [0.3, 0.4) is 0 Å². The zero-order valence-corrected chi connectivity index (χ0v) is 13.0. The van der Waals surface area contributed by atoms with Crippen LogP contribution in [0, 0.1) is 5.82 Å². The number of ether oxygens (including phenoxy) is 1. The van der Waals surface area contributed by atoms with Gasteiger partial charge in [-0.3, -0.25) is 0 Å². The average molecular weight is 359 g/mol. The van der Waals surface area contributed by atoms with Crippen LogP contribution in [0.25, 0.3) is 0 Å². The van der Waals surface area contributed by atoms with Crippen molar-refractivity contribution in [2.24, 2.45) is 5.73 Å². The Hall–Kier alpha value is -1.10. The highest BCUT2D eigenvalue weighted by Crippen LogP contribution is 2.25. The summed E-state index contributed by atoms with van der Waals surface area (Å²) in [5.74, 6) is 0.462. The maximum Gasteiger partial charge on any atom is 0.137 e. The lowest BCUT2D eigenvalue weighted by Crippen LogP contribution is -2.05. The Bertz CT molecular complexity index is 606. The van der Waals surface area contributed by atoms with E-state index < -0.39 is 0 Å². The normalized spacial score (nSPS) is 10.6. The van der Waals surface area contributed by atoms with Crippen LogP contribution in [0.4, 0.5) is 4.39 Å². The maximum atomic E-state index is 13.2. The SMILES string of the molecule is NCCc1cc(Cl)ccc1OCc1ccc(F)c(Br)c1. The second-order valence-electron chi connectivity index (χ2n) is 4.33. The van der Waals surface area contributed by atoms with Gasteiger partial charge in [-0.05, 0) is 70.4 Å². The summed E-state index contributed by atoms with van der Waals surface area (Å²) in [4.78, 5) is 0. The van der Waals surface area contributed by atoms with E-state index >= 15 is 0 Å². The first-order valence-electron chi connectivity index (χ1n) is 6.15. The third-order valence-electron chi connectivity index (χ3n) is 2.81. The molecule has 5 heteroatoms. The fourth-order valence-electron chi connectivity index (χ4n) is 1.83. The maximum absolute atomic E-state index is 13.2. The minimum absolute atomic E-state index is 0.288. The van der Waals surface area contributed by atoms with Crippen LogP contribution in [0.5, 0.6) is 5.75 Å². The molecule has 2 aromatic carbocycles. The first-order chi connectivity index (χ1) is 9.60. The number of hydrogen-bond acceptors (Lipinski definition) is 2. The van der Waals surface area contributed by atoms with Crippen LogP contribution in [0.2, 0.25) is 5.02 Å². The third kappa shape index (κ3) is 3.95. The van der Waals surface area contributed by atoms with Crippen molar-refractivity contribution < 1.29 is 9.13 Å². The highest BCUT2D eigenvalue weighted by molar-refractivity contribution is 9.10. The summed E-state index contributed by atoms with van der Waals surface area (Å²) >= 11 is 9.12. The molecule has 0 aliphatic rings. The molecule has 0 heterocycles. The Morgan fingerprint density at radius 2 is 2.00 bits per heavy atom. The Morgan fingerprint density at radius 3 is 2.70 bits per heavy atom. The van der Waals surface area contributed by atoms with Crippen LogP contribution in [-0.4, -0.2) is 6.54 Å². The van der Waals surface area contributed by atoms with E-state index in [1.165, 1.54) is 6.07 Å². The molecule has 0 aromatic heterocycles. The van der Waals surface area contributed by atoms with Gasteiger partial charge in [0.2, 0.25) is 0 Å². The molecule has 2 aromatic rings. The summed E-state index contributed by atoms with van der Waals surface area (Å²) in [6, 6.07) is 10.3. The van der Waals surface area contributed by atoms with Crippen molar-refractivity contribution in [3.63, 3.8) is 0 Å². The lowest BCUT2D eigenvalue weighted by molar-refractivity contribution is 0.302. The molecule has 0 radical (unpaired) electrons. The number of halogens is 3. The number of hydrogen-bond donors (Lipinski definition) is 1. The van der Waals surface area contributed by atoms with E-state index in [1.807, 2.05) is 12.1 Å². The minimum atomic E-state index is -0.288. The van der Waals surface area contributed by atoms with Crippen molar-refractivity contribution >= 4 is 27.5 Å². The van der Waals surface area contributed by atoms with Gasteiger partial charge in [-0.15, -0.1) is 0 Å². The molecule has 2 rings (SSSR count).